The van der Waals surface area contributed by atoms with Gasteiger partial charge < -0.3 is 0 Å². The topological polar surface area (TPSA) is 78.2 Å². The van der Waals surface area contributed by atoms with Crippen molar-refractivity contribution in [3.63, 3.8) is 0 Å². The van der Waals surface area contributed by atoms with E-state index in [9.17, 15) is 4.91 Å². The summed E-state index contributed by atoms with van der Waals surface area (Å²) in [6, 6.07) is 5.65. The van der Waals surface area contributed by atoms with Gasteiger partial charge in [-0.3, -0.25) is 0 Å². The Bertz CT molecular complexity index is 396. The molecule has 0 fully saturated rings. The maximum Gasteiger partial charge on any atom is 0.106 e. The monoisotopic (exact) mass is 204 g/mol. The van der Waals surface area contributed by atoms with Crippen LogP contribution in [0.1, 0.15) is 23.6 Å². The van der Waals surface area contributed by atoms with Crippen LogP contribution < -0.4 is 0 Å². The Morgan fingerprint density at radius 2 is 2.13 bits per heavy atom. The van der Waals surface area contributed by atoms with E-state index in [0.717, 1.165) is 23.1 Å². The van der Waals surface area contributed by atoms with E-state index in [0.29, 0.717) is 6.54 Å². The van der Waals surface area contributed by atoms with Crippen LogP contribution in [0.4, 0.5) is 0 Å². The van der Waals surface area contributed by atoms with Crippen LogP contribution in [-0.2, 0) is 19.5 Å². The first-order valence-electron chi connectivity index (χ1n) is 4.72. The number of hydrogen-bond acceptors (Lipinski definition) is 3. The Morgan fingerprint density at radius 3 is 2.73 bits per heavy atom. The molecule has 0 aliphatic rings. The first-order chi connectivity index (χ1) is 7.31. The molecule has 0 N–H and O–H groups in total. The molecule has 0 unspecified atom stereocenters. The molecule has 0 atom stereocenters. The lowest BCUT2D eigenvalue weighted by atomic mass is 10.0. The van der Waals surface area contributed by atoms with E-state index in [-0.39, 0.29) is 6.54 Å². The molecule has 1 rings (SSSR count). The molecule has 78 valence electrons. The smallest absolute Gasteiger partial charge is 0.106 e. The van der Waals surface area contributed by atoms with E-state index in [1.54, 1.807) is 0 Å². The van der Waals surface area contributed by atoms with Crippen molar-refractivity contribution in [2.75, 3.05) is 0 Å². The minimum absolute atomic E-state index is 0.189. The van der Waals surface area contributed by atoms with Crippen molar-refractivity contribution >= 4 is 0 Å². The molecule has 5 nitrogen and oxygen atoms in total. The van der Waals surface area contributed by atoms with Crippen LogP contribution in [0, 0.1) is 4.91 Å². The van der Waals surface area contributed by atoms with Gasteiger partial charge in [-0.05, 0) is 28.6 Å². The second kappa shape index (κ2) is 5.78. The van der Waals surface area contributed by atoms with E-state index in [1.807, 2.05) is 25.1 Å². The third-order valence-corrected chi connectivity index (χ3v) is 2.20. The molecule has 0 aliphatic carbocycles. The number of rotatable bonds is 5. The van der Waals surface area contributed by atoms with Gasteiger partial charge in [0.25, 0.3) is 0 Å². The summed E-state index contributed by atoms with van der Waals surface area (Å²) in [6.45, 7) is 2.57. The average Bonchev–Trinajstić information content (AvgIpc) is 2.27. The van der Waals surface area contributed by atoms with Crippen LogP contribution in [0.15, 0.2) is 28.5 Å². The third-order valence-electron chi connectivity index (χ3n) is 2.20. The summed E-state index contributed by atoms with van der Waals surface area (Å²) < 4.78 is 0. The summed E-state index contributed by atoms with van der Waals surface area (Å²) in [5, 5.41) is 6.36. The molecule has 5 heteroatoms. The first-order valence-corrected chi connectivity index (χ1v) is 4.72. The SMILES string of the molecule is CCc1cc(CN=O)ccc1CN=[N+]=[N-]. The number of nitrogens with zero attached hydrogens (tertiary/aromatic N) is 4. The van der Waals surface area contributed by atoms with E-state index < -0.39 is 0 Å². The molecule has 0 amide bonds. The van der Waals surface area contributed by atoms with Gasteiger partial charge in [0.2, 0.25) is 0 Å². The fourth-order valence-electron chi connectivity index (χ4n) is 1.44. The van der Waals surface area contributed by atoms with Gasteiger partial charge in [-0.2, -0.15) is 4.91 Å². The number of aryl methyl sites for hydroxylation is 1. The van der Waals surface area contributed by atoms with Gasteiger partial charge in [-0.1, -0.05) is 35.4 Å². The van der Waals surface area contributed by atoms with Crippen molar-refractivity contribution in [3.8, 4) is 0 Å². The Kier molecular flexibility index (Phi) is 4.31. The fraction of sp³-hybridized carbons (Fsp3) is 0.400. The summed E-state index contributed by atoms with van der Waals surface area (Å²) in [7, 11) is 0. The number of benzene rings is 1. The first kappa shape index (κ1) is 11.2. The number of hydrogen-bond donors (Lipinski definition) is 0. The second-order valence-electron chi connectivity index (χ2n) is 3.13. The average molecular weight is 204 g/mol. The molecule has 0 spiro atoms. The Balaban J connectivity index is 2.97. The molecule has 0 saturated carbocycles. The zero-order valence-corrected chi connectivity index (χ0v) is 8.55. The van der Waals surface area contributed by atoms with Crippen molar-refractivity contribution in [3.05, 3.63) is 50.2 Å². The molecule has 0 aliphatic heterocycles. The standard InChI is InChI=1S/C10H12N4O/c1-2-9-5-8(6-13-15)3-4-10(9)7-12-14-11/h3-5H,2,6-7H2,1H3. The van der Waals surface area contributed by atoms with Gasteiger partial charge in [0.1, 0.15) is 6.54 Å². The maximum absolute atomic E-state index is 10.1. The predicted octanol–water partition coefficient (Wildman–Crippen LogP) is 3.33. The summed E-state index contributed by atoms with van der Waals surface area (Å²) in [5.41, 5.74) is 11.2. The minimum Gasteiger partial charge on any atom is -0.150 e. The highest BCUT2D eigenvalue weighted by Crippen LogP contribution is 2.15. The van der Waals surface area contributed by atoms with Crippen LogP contribution in [0.25, 0.3) is 10.4 Å². The zero-order valence-electron chi connectivity index (χ0n) is 8.55. The quantitative estimate of drug-likeness (QED) is 0.313. The van der Waals surface area contributed by atoms with Gasteiger partial charge in [-0.25, -0.2) is 0 Å². The molecule has 1 aromatic rings. The van der Waals surface area contributed by atoms with Crippen LogP contribution in [0.5, 0.6) is 0 Å². The van der Waals surface area contributed by atoms with Crippen molar-refractivity contribution in [1.29, 1.82) is 0 Å². The summed E-state index contributed by atoms with van der Waals surface area (Å²) >= 11 is 0. The van der Waals surface area contributed by atoms with Gasteiger partial charge >= 0.3 is 0 Å². The van der Waals surface area contributed by atoms with Crippen molar-refractivity contribution in [2.24, 2.45) is 10.3 Å². The largest absolute Gasteiger partial charge is 0.150 e. The highest BCUT2D eigenvalue weighted by Gasteiger charge is 2.01. The normalized spacial score (nSPS) is 9.40. The number of azide groups is 1. The van der Waals surface area contributed by atoms with Crippen LogP contribution in [0.3, 0.4) is 0 Å². The van der Waals surface area contributed by atoms with Crippen molar-refractivity contribution in [1.82, 2.24) is 0 Å². The predicted molar refractivity (Wildman–Crippen MR) is 58.2 cm³/mol. The van der Waals surface area contributed by atoms with Crippen LogP contribution in [0.2, 0.25) is 0 Å². The van der Waals surface area contributed by atoms with Gasteiger partial charge in [0, 0.05) is 4.91 Å². The molecule has 15 heavy (non-hydrogen) atoms. The van der Waals surface area contributed by atoms with Crippen LogP contribution in [-0.4, -0.2) is 0 Å². The highest BCUT2D eigenvalue weighted by atomic mass is 16.3. The van der Waals surface area contributed by atoms with E-state index >= 15 is 0 Å². The maximum atomic E-state index is 10.1. The van der Waals surface area contributed by atoms with Gasteiger partial charge in [0.05, 0.1) is 6.54 Å². The molecule has 0 radical (unpaired) electrons. The lowest BCUT2D eigenvalue weighted by molar-refractivity contribution is 0.970. The zero-order chi connectivity index (χ0) is 11.1. The fourth-order valence-corrected chi connectivity index (χ4v) is 1.44. The van der Waals surface area contributed by atoms with E-state index in [1.165, 1.54) is 0 Å². The Hall–Kier alpha value is -1.87. The lowest BCUT2D eigenvalue weighted by Crippen LogP contribution is -1.93. The van der Waals surface area contributed by atoms with E-state index in [4.69, 9.17) is 5.53 Å². The number of nitroso groups, excluding NO2 is 1. The van der Waals surface area contributed by atoms with Gasteiger partial charge in [0.15, 0.2) is 0 Å². The molecule has 0 saturated heterocycles. The van der Waals surface area contributed by atoms with Crippen molar-refractivity contribution < 1.29 is 0 Å². The van der Waals surface area contributed by atoms with E-state index in [2.05, 4.69) is 15.2 Å². The Morgan fingerprint density at radius 1 is 1.33 bits per heavy atom. The molecule has 0 heterocycles. The van der Waals surface area contributed by atoms with Gasteiger partial charge in [-0.15, -0.1) is 0 Å². The Labute approximate surface area is 87.7 Å². The minimum atomic E-state index is 0.189. The van der Waals surface area contributed by atoms with Crippen molar-refractivity contribution in [2.45, 2.75) is 26.4 Å². The molecule has 0 aromatic heterocycles. The molecular formula is C10H12N4O. The van der Waals surface area contributed by atoms with Crippen LogP contribution >= 0.6 is 0 Å². The summed E-state index contributed by atoms with van der Waals surface area (Å²) in [5.74, 6) is 0. The molecular weight excluding hydrogens is 192 g/mol. The highest BCUT2D eigenvalue weighted by molar-refractivity contribution is 5.32. The summed E-state index contributed by atoms with van der Waals surface area (Å²) in [6.07, 6.45) is 0.850. The third kappa shape index (κ3) is 3.07. The second-order valence-corrected chi connectivity index (χ2v) is 3.13. The molecule has 1 aromatic carbocycles. The lowest BCUT2D eigenvalue weighted by Gasteiger charge is -2.06. The molecule has 0 bridgehead atoms. The summed E-state index contributed by atoms with van der Waals surface area (Å²) in [4.78, 5) is 12.8.